The van der Waals surface area contributed by atoms with Gasteiger partial charge >= 0.3 is 132 Å². The number of rotatable bonds is 3. The Hall–Kier alpha value is -0.596. The topological polar surface area (TPSA) is 26.3 Å². The number of hydrogen-bond donors (Lipinski definition) is 0. The van der Waals surface area contributed by atoms with Gasteiger partial charge in [0.1, 0.15) is 0 Å². The molecule has 114 valence electrons. The zero-order valence-corrected chi connectivity index (χ0v) is 14.9. The number of fused-ring (bicyclic) bond motifs is 1. The third-order valence-electron chi connectivity index (χ3n) is 5.31. The second-order valence-electron chi connectivity index (χ2n) is 7.08. The van der Waals surface area contributed by atoms with Crippen LogP contribution in [0.3, 0.4) is 0 Å². The summed E-state index contributed by atoms with van der Waals surface area (Å²) in [5, 5.41) is 4.52. The molecule has 3 rings (SSSR count). The van der Waals surface area contributed by atoms with Crippen LogP contribution in [0.15, 0.2) is 34.9 Å². The van der Waals surface area contributed by atoms with Gasteiger partial charge in [-0.05, 0) is 0 Å². The van der Waals surface area contributed by atoms with Crippen molar-refractivity contribution in [2.24, 2.45) is 0 Å². The average molecular weight is 322 g/mol. The second-order valence-corrected chi connectivity index (χ2v) is 13.3. The molecule has 0 N–H and O–H groups in total. The molecular weight excluding hydrogens is 296 g/mol. The summed E-state index contributed by atoms with van der Waals surface area (Å²) in [6.07, 6.45) is 11.6. The Balaban J connectivity index is 1.99. The number of carbonyl (C=O) groups excluding carboxylic acids is 1. The zero-order valence-electron chi connectivity index (χ0n) is 13.3. The molecule has 2 nitrogen and oxygen atoms in total. The molecule has 3 aliphatic carbocycles. The Labute approximate surface area is 132 Å². The van der Waals surface area contributed by atoms with Crippen LogP contribution >= 0.6 is 0 Å². The Morgan fingerprint density at radius 2 is 1.52 bits per heavy atom. The van der Waals surface area contributed by atoms with Crippen molar-refractivity contribution in [2.75, 3.05) is 0 Å². The quantitative estimate of drug-likeness (QED) is 0.512. The number of carbonyl (C=O) groups is 1. The SMILES string of the molecule is C=CC(=O)[O][Ti]([CH3])([CH3])[CH]1C2=C(CCCC2)C2=C1CCCC2. The van der Waals surface area contributed by atoms with Crippen LogP contribution in [0.2, 0.25) is 14.7 Å². The molecule has 3 heteroatoms. The summed E-state index contributed by atoms with van der Waals surface area (Å²) >= 11 is -2.68. The Bertz CT molecular complexity index is 507. The third-order valence-corrected chi connectivity index (χ3v) is 9.70. The molecule has 0 aliphatic heterocycles. The van der Waals surface area contributed by atoms with Crippen LogP contribution in [-0.4, -0.2) is 5.97 Å². The summed E-state index contributed by atoms with van der Waals surface area (Å²) in [7, 11) is 0. The van der Waals surface area contributed by atoms with Crippen LogP contribution in [0.1, 0.15) is 51.4 Å². The van der Waals surface area contributed by atoms with E-state index in [2.05, 4.69) is 17.0 Å². The van der Waals surface area contributed by atoms with Crippen LogP contribution < -0.4 is 0 Å². The van der Waals surface area contributed by atoms with Gasteiger partial charge in [-0.25, -0.2) is 0 Å². The molecule has 0 aromatic carbocycles. The molecular formula is C18H26O2Ti. The Morgan fingerprint density at radius 1 is 1.05 bits per heavy atom. The molecule has 0 aromatic rings. The molecule has 0 bridgehead atoms. The van der Waals surface area contributed by atoms with E-state index in [1.165, 1.54) is 57.4 Å². The fraction of sp³-hybridized carbons (Fsp3) is 0.611. The summed E-state index contributed by atoms with van der Waals surface area (Å²) in [4.78, 5) is 11.8. The number of hydrogen-bond acceptors (Lipinski definition) is 2. The van der Waals surface area contributed by atoms with Gasteiger partial charge in [0.2, 0.25) is 0 Å². The number of allylic oxidation sites excluding steroid dienone is 4. The van der Waals surface area contributed by atoms with E-state index in [9.17, 15) is 4.79 Å². The van der Waals surface area contributed by atoms with Crippen molar-refractivity contribution >= 4 is 5.97 Å². The first-order chi connectivity index (χ1) is 10.0. The van der Waals surface area contributed by atoms with E-state index in [4.69, 9.17) is 3.32 Å². The molecule has 0 unspecified atom stereocenters. The predicted octanol–water partition coefficient (Wildman–Crippen LogP) is 5.42. The van der Waals surface area contributed by atoms with Gasteiger partial charge in [-0.2, -0.15) is 0 Å². The van der Waals surface area contributed by atoms with Gasteiger partial charge < -0.3 is 0 Å². The van der Waals surface area contributed by atoms with E-state index in [1.807, 2.05) is 0 Å². The van der Waals surface area contributed by atoms with E-state index < -0.39 is 17.0 Å². The van der Waals surface area contributed by atoms with Crippen molar-refractivity contribution < 1.29 is 25.1 Å². The Morgan fingerprint density at radius 3 is 2.00 bits per heavy atom. The van der Waals surface area contributed by atoms with Crippen molar-refractivity contribution in [1.29, 1.82) is 0 Å². The normalized spacial score (nSPS) is 23.0. The summed E-state index contributed by atoms with van der Waals surface area (Å²) in [5.74, 6) is -0.220. The molecule has 3 aliphatic rings. The van der Waals surface area contributed by atoms with Crippen LogP contribution in [0.25, 0.3) is 0 Å². The third kappa shape index (κ3) is 2.73. The van der Waals surface area contributed by atoms with Crippen molar-refractivity contribution in [3.63, 3.8) is 0 Å². The standard InChI is InChI=1S/C13H17.C3H4O2.2CH3.Ti/c1-3-7-12-10(5-1)9-11-6-2-4-8-13(11)12;1-2-3(4)5;;;/h9H,1-8H2;2H,1H2,(H,4,5);2*1H3;/q;;;;+1/p-1. The Kier molecular flexibility index (Phi) is 4.29. The first kappa shape index (κ1) is 15.3. The minimum atomic E-state index is -2.68. The van der Waals surface area contributed by atoms with Gasteiger partial charge in [0.25, 0.3) is 0 Å². The summed E-state index contributed by atoms with van der Waals surface area (Å²) in [6, 6.07) is 0. The van der Waals surface area contributed by atoms with E-state index >= 15 is 0 Å². The van der Waals surface area contributed by atoms with E-state index in [0.717, 1.165) is 0 Å². The van der Waals surface area contributed by atoms with Crippen molar-refractivity contribution in [1.82, 2.24) is 0 Å². The maximum atomic E-state index is 11.8. The van der Waals surface area contributed by atoms with E-state index in [1.54, 1.807) is 22.3 Å². The minimum absolute atomic E-state index is 0.220. The zero-order chi connectivity index (χ0) is 15.0. The molecule has 0 aromatic heterocycles. The van der Waals surface area contributed by atoms with Crippen LogP contribution in [0.5, 0.6) is 0 Å². The van der Waals surface area contributed by atoms with Crippen LogP contribution in [0, 0.1) is 0 Å². The van der Waals surface area contributed by atoms with Crippen molar-refractivity contribution in [2.45, 2.75) is 66.0 Å². The maximum absolute atomic E-state index is 11.8. The molecule has 0 saturated carbocycles. The summed E-state index contributed by atoms with van der Waals surface area (Å²) < 4.78 is 6.43. The van der Waals surface area contributed by atoms with Gasteiger partial charge in [0.15, 0.2) is 0 Å². The monoisotopic (exact) mass is 322 g/mol. The second kappa shape index (κ2) is 5.89. The van der Waals surface area contributed by atoms with Crippen molar-refractivity contribution in [3.8, 4) is 0 Å². The van der Waals surface area contributed by atoms with Crippen molar-refractivity contribution in [3.05, 3.63) is 34.9 Å². The fourth-order valence-electron chi connectivity index (χ4n) is 4.59. The fourth-order valence-corrected chi connectivity index (χ4v) is 9.33. The molecule has 0 amide bonds. The van der Waals surface area contributed by atoms with Gasteiger partial charge in [0.05, 0.1) is 0 Å². The summed E-state index contributed by atoms with van der Waals surface area (Å²) in [5.41, 5.74) is 6.67. The van der Waals surface area contributed by atoms with Crippen LogP contribution in [-0.2, 0) is 25.1 Å². The van der Waals surface area contributed by atoms with Gasteiger partial charge in [-0.3, -0.25) is 0 Å². The molecule has 0 spiro atoms. The molecule has 0 heterocycles. The van der Waals surface area contributed by atoms with Gasteiger partial charge in [0, 0.05) is 0 Å². The molecule has 0 atom stereocenters. The molecule has 21 heavy (non-hydrogen) atoms. The predicted molar refractivity (Wildman–Crippen MR) is 82.8 cm³/mol. The first-order valence-corrected chi connectivity index (χ1v) is 13.0. The van der Waals surface area contributed by atoms with E-state index in [-0.39, 0.29) is 5.97 Å². The van der Waals surface area contributed by atoms with Gasteiger partial charge in [-0.1, -0.05) is 0 Å². The summed E-state index contributed by atoms with van der Waals surface area (Å²) in [6.45, 7) is 3.57. The molecule has 0 radical (unpaired) electrons. The van der Waals surface area contributed by atoms with Crippen LogP contribution in [0.4, 0.5) is 0 Å². The van der Waals surface area contributed by atoms with Gasteiger partial charge in [-0.15, -0.1) is 0 Å². The first-order valence-electron chi connectivity index (χ1n) is 8.34. The van der Waals surface area contributed by atoms with E-state index in [0.29, 0.717) is 4.22 Å². The molecule has 0 fully saturated rings. The average Bonchev–Trinajstić information content (AvgIpc) is 2.82. The molecule has 0 saturated heterocycles.